The SMILES string of the molecule is Cn1nc(C(=O)NNC(=O)c2nccc3ccccc23)c2ccccc2c1=O. The summed E-state index contributed by atoms with van der Waals surface area (Å²) in [6.07, 6.45) is 1.53. The lowest BCUT2D eigenvalue weighted by Crippen LogP contribution is -2.43. The van der Waals surface area contributed by atoms with Crippen molar-refractivity contribution in [2.24, 2.45) is 7.05 Å². The van der Waals surface area contributed by atoms with Gasteiger partial charge < -0.3 is 0 Å². The van der Waals surface area contributed by atoms with E-state index in [1.54, 1.807) is 42.5 Å². The van der Waals surface area contributed by atoms with E-state index in [1.807, 2.05) is 12.1 Å². The van der Waals surface area contributed by atoms with Crippen LogP contribution >= 0.6 is 0 Å². The highest BCUT2D eigenvalue weighted by molar-refractivity contribution is 6.08. The number of pyridine rings is 1. The zero-order valence-electron chi connectivity index (χ0n) is 14.8. The minimum Gasteiger partial charge on any atom is -0.267 e. The van der Waals surface area contributed by atoms with Gasteiger partial charge in [0.25, 0.3) is 17.4 Å². The minimum absolute atomic E-state index is 0.0314. The molecule has 2 aromatic carbocycles. The van der Waals surface area contributed by atoms with E-state index in [0.29, 0.717) is 16.2 Å². The number of carbonyl (C=O) groups is 2. The van der Waals surface area contributed by atoms with Crippen molar-refractivity contribution in [3.05, 3.63) is 82.5 Å². The number of amides is 2. The molecule has 0 aliphatic heterocycles. The highest BCUT2D eigenvalue weighted by Crippen LogP contribution is 2.16. The van der Waals surface area contributed by atoms with Crippen LogP contribution in [-0.4, -0.2) is 26.6 Å². The first-order valence-corrected chi connectivity index (χ1v) is 8.47. The molecule has 0 atom stereocenters. The van der Waals surface area contributed by atoms with E-state index in [-0.39, 0.29) is 16.9 Å². The first-order valence-electron chi connectivity index (χ1n) is 8.47. The highest BCUT2D eigenvalue weighted by atomic mass is 16.2. The molecule has 0 saturated carbocycles. The van der Waals surface area contributed by atoms with E-state index in [1.165, 1.54) is 13.2 Å². The van der Waals surface area contributed by atoms with Gasteiger partial charge in [0, 0.05) is 24.0 Å². The van der Waals surface area contributed by atoms with Crippen molar-refractivity contribution in [3.63, 3.8) is 0 Å². The topological polar surface area (TPSA) is 106 Å². The van der Waals surface area contributed by atoms with Crippen molar-refractivity contribution < 1.29 is 9.59 Å². The van der Waals surface area contributed by atoms with Crippen LogP contribution in [0.25, 0.3) is 21.5 Å². The summed E-state index contributed by atoms with van der Waals surface area (Å²) in [6.45, 7) is 0. The molecule has 0 radical (unpaired) electrons. The van der Waals surface area contributed by atoms with Gasteiger partial charge >= 0.3 is 0 Å². The van der Waals surface area contributed by atoms with Crippen LogP contribution in [-0.2, 0) is 7.05 Å². The highest BCUT2D eigenvalue weighted by Gasteiger charge is 2.17. The van der Waals surface area contributed by atoms with Gasteiger partial charge in [-0.3, -0.25) is 30.2 Å². The van der Waals surface area contributed by atoms with Crippen LogP contribution in [0.4, 0.5) is 0 Å². The van der Waals surface area contributed by atoms with Crippen molar-refractivity contribution >= 4 is 33.4 Å². The molecule has 8 heteroatoms. The number of nitrogens with zero attached hydrogens (tertiary/aromatic N) is 3. The van der Waals surface area contributed by atoms with Gasteiger partial charge in [-0.15, -0.1) is 0 Å². The maximum atomic E-state index is 12.6. The third-order valence-electron chi connectivity index (χ3n) is 4.35. The number of fused-ring (bicyclic) bond motifs is 2. The number of aryl methyl sites for hydroxylation is 1. The van der Waals surface area contributed by atoms with Crippen molar-refractivity contribution in [2.45, 2.75) is 0 Å². The van der Waals surface area contributed by atoms with Gasteiger partial charge in [-0.1, -0.05) is 42.5 Å². The summed E-state index contributed by atoms with van der Waals surface area (Å²) in [5.41, 5.74) is 4.62. The summed E-state index contributed by atoms with van der Waals surface area (Å²) in [5, 5.41) is 6.33. The number of hydrazine groups is 1. The summed E-state index contributed by atoms with van der Waals surface area (Å²) in [5.74, 6) is -1.19. The molecule has 0 saturated heterocycles. The van der Waals surface area contributed by atoms with Crippen LogP contribution in [0.1, 0.15) is 21.0 Å². The Labute approximate surface area is 158 Å². The lowest BCUT2D eigenvalue weighted by molar-refractivity contribution is 0.0842. The third kappa shape index (κ3) is 2.96. The maximum Gasteiger partial charge on any atom is 0.290 e. The summed E-state index contributed by atoms with van der Waals surface area (Å²) in [7, 11) is 1.46. The fourth-order valence-corrected chi connectivity index (χ4v) is 3.00. The van der Waals surface area contributed by atoms with Crippen LogP contribution in [0.5, 0.6) is 0 Å². The molecule has 138 valence electrons. The zero-order valence-corrected chi connectivity index (χ0v) is 14.8. The van der Waals surface area contributed by atoms with Crippen LogP contribution < -0.4 is 16.4 Å². The van der Waals surface area contributed by atoms with E-state index in [4.69, 9.17) is 0 Å². The molecule has 0 bridgehead atoms. The normalized spacial score (nSPS) is 10.8. The quantitative estimate of drug-likeness (QED) is 0.519. The van der Waals surface area contributed by atoms with E-state index < -0.39 is 11.8 Å². The average molecular weight is 373 g/mol. The molecular weight excluding hydrogens is 358 g/mol. The Balaban J connectivity index is 1.62. The van der Waals surface area contributed by atoms with E-state index in [9.17, 15) is 14.4 Å². The lowest BCUT2D eigenvalue weighted by Gasteiger charge is -2.10. The molecular formula is C20H15N5O3. The molecule has 0 unspecified atom stereocenters. The van der Waals surface area contributed by atoms with Crippen molar-refractivity contribution in [1.29, 1.82) is 0 Å². The number of benzene rings is 2. The Morgan fingerprint density at radius 3 is 2.18 bits per heavy atom. The molecule has 0 spiro atoms. The molecule has 2 N–H and O–H groups in total. The smallest absolute Gasteiger partial charge is 0.267 e. The minimum atomic E-state index is -0.639. The van der Waals surface area contributed by atoms with Gasteiger partial charge in [0.1, 0.15) is 5.69 Å². The van der Waals surface area contributed by atoms with Crippen LogP contribution in [0.3, 0.4) is 0 Å². The fourth-order valence-electron chi connectivity index (χ4n) is 3.00. The average Bonchev–Trinajstić information content (AvgIpc) is 2.74. The first kappa shape index (κ1) is 17.3. The predicted octanol–water partition coefficient (Wildman–Crippen LogP) is 1.56. The monoisotopic (exact) mass is 373 g/mol. The second-order valence-electron chi connectivity index (χ2n) is 6.11. The number of hydrogen-bond donors (Lipinski definition) is 2. The van der Waals surface area contributed by atoms with Gasteiger partial charge in [0.05, 0.1) is 5.39 Å². The molecule has 0 aliphatic carbocycles. The molecule has 4 rings (SSSR count). The number of nitrogens with one attached hydrogen (secondary N) is 2. The summed E-state index contributed by atoms with van der Waals surface area (Å²) in [4.78, 5) is 41.4. The molecule has 4 aromatic rings. The molecule has 0 aliphatic rings. The second kappa shape index (κ2) is 6.92. The van der Waals surface area contributed by atoms with Crippen molar-refractivity contribution in [1.82, 2.24) is 25.6 Å². The van der Waals surface area contributed by atoms with Gasteiger partial charge in [0.15, 0.2) is 5.69 Å². The third-order valence-corrected chi connectivity index (χ3v) is 4.35. The Morgan fingerprint density at radius 1 is 0.821 bits per heavy atom. The molecule has 2 aromatic heterocycles. The Bertz CT molecular complexity index is 1290. The fraction of sp³-hybridized carbons (Fsp3) is 0.0500. The standard InChI is InChI=1S/C20H15N5O3/c1-25-20(28)15-9-5-4-8-14(15)17(24-25)19(27)23-22-18(26)16-13-7-3-2-6-12(13)10-11-21-16/h2-11H,1H3,(H,22,26)(H,23,27). The summed E-state index contributed by atoms with van der Waals surface area (Å²) >= 11 is 0. The Kier molecular flexibility index (Phi) is 4.29. The Hall–Kier alpha value is -4.07. The largest absolute Gasteiger partial charge is 0.290 e. The lowest BCUT2D eigenvalue weighted by atomic mass is 10.1. The molecule has 2 amide bonds. The van der Waals surface area contributed by atoms with E-state index in [0.717, 1.165) is 10.1 Å². The van der Waals surface area contributed by atoms with Crippen LogP contribution in [0.15, 0.2) is 65.6 Å². The number of hydrogen-bond acceptors (Lipinski definition) is 5. The number of carbonyl (C=O) groups excluding carboxylic acids is 2. The summed E-state index contributed by atoms with van der Waals surface area (Å²) in [6, 6.07) is 15.8. The van der Waals surface area contributed by atoms with Crippen LogP contribution in [0, 0.1) is 0 Å². The van der Waals surface area contributed by atoms with E-state index in [2.05, 4.69) is 20.9 Å². The number of rotatable bonds is 2. The maximum absolute atomic E-state index is 12.6. The van der Waals surface area contributed by atoms with Gasteiger partial charge in [-0.2, -0.15) is 5.10 Å². The molecule has 0 fully saturated rings. The van der Waals surface area contributed by atoms with Crippen LogP contribution in [0.2, 0.25) is 0 Å². The molecule has 28 heavy (non-hydrogen) atoms. The van der Waals surface area contributed by atoms with E-state index >= 15 is 0 Å². The van der Waals surface area contributed by atoms with Gasteiger partial charge in [0.2, 0.25) is 0 Å². The predicted molar refractivity (Wildman–Crippen MR) is 104 cm³/mol. The molecule has 2 heterocycles. The van der Waals surface area contributed by atoms with Crippen molar-refractivity contribution in [2.75, 3.05) is 0 Å². The van der Waals surface area contributed by atoms with Gasteiger partial charge in [-0.05, 0) is 17.5 Å². The summed E-state index contributed by atoms with van der Waals surface area (Å²) < 4.78 is 1.09. The Morgan fingerprint density at radius 2 is 1.43 bits per heavy atom. The first-order chi connectivity index (χ1) is 13.6. The molecule has 8 nitrogen and oxygen atoms in total. The second-order valence-corrected chi connectivity index (χ2v) is 6.11. The van der Waals surface area contributed by atoms with Crippen molar-refractivity contribution in [3.8, 4) is 0 Å². The zero-order chi connectivity index (χ0) is 19.7. The van der Waals surface area contributed by atoms with Gasteiger partial charge in [-0.25, -0.2) is 4.68 Å². The number of aromatic nitrogens is 3.